The molecule has 1 aromatic heterocycles. The maximum Gasteiger partial charge on any atom is 0.356 e. The number of aryl methyl sites for hydroxylation is 1. The highest BCUT2D eigenvalue weighted by Crippen LogP contribution is 2.31. The van der Waals surface area contributed by atoms with Crippen LogP contribution in [-0.4, -0.2) is 30.2 Å². The zero-order chi connectivity index (χ0) is 25.1. The molecule has 1 N–H and O–H groups in total. The van der Waals surface area contributed by atoms with Crippen molar-refractivity contribution in [3.63, 3.8) is 0 Å². The van der Waals surface area contributed by atoms with Gasteiger partial charge in [0.15, 0.2) is 6.61 Å². The minimum atomic E-state index is -0.783. The van der Waals surface area contributed by atoms with Gasteiger partial charge >= 0.3 is 5.97 Å². The van der Waals surface area contributed by atoms with E-state index in [0.717, 1.165) is 11.1 Å². The average Bonchev–Trinajstić information content (AvgIpc) is 2.85. The van der Waals surface area contributed by atoms with E-state index in [2.05, 4.69) is 5.32 Å². The molecular formula is C27H23ClN2O5. The minimum Gasteiger partial charge on any atom is -0.495 e. The molecule has 0 bridgehead atoms. The molecule has 0 fully saturated rings. The first-order valence-electron chi connectivity index (χ1n) is 10.8. The van der Waals surface area contributed by atoms with Gasteiger partial charge in [-0.15, -0.1) is 0 Å². The molecule has 35 heavy (non-hydrogen) atoms. The van der Waals surface area contributed by atoms with Crippen LogP contribution in [0.25, 0.3) is 21.9 Å². The molecule has 0 saturated heterocycles. The van der Waals surface area contributed by atoms with Crippen LogP contribution in [0.5, 0.6) is 5.75 Å². The van der Waals surface area contributed by atoms with Gasteiger partial charge in [0, 0.05) is 23.7 Å². The Bertz CT molecular complexity index is 1490. The van der Waals surface area contributed by atoms with Gasteiger partial charge in [0.2, 0.25) is 0 Å². The normalized spacial score (nSPS) is 10.7. The van der Waals surface area contributed by atoms with E-state index in [1.165, 1.54) is 24.8 Å². The minimum absolute atomic E-state index is 0.0674. The highest BCUT2D eigenvalue weighted by molar-refractivity contribution is 6.32. The smallest absolute Gasteiger partial charge is 0.356 e. The molecule has 0 radical (unpaired) electrons. The highest BCUT2D eigenvalue weighted by atomic mass is 35.5. The van der Waals surface area contributed by atoms with Crippen molar-refractivity contribution in [2.75, 3.05) is 19.0 Å². The van der Waals surface area contributed by atoms with Gasteiger partial charge in [-0.1, -0.05) is 59.6 Å². The number of halogens is 1. The van der Waals surface area contributed by atoms with Crippen LogP contribution in [0.2, 0.25) is 5.02 Å². The fourth-order valence-corrected chi connectivity index (χ4v) is 4.11. The van der Waals surface area contributed by atoms with Gasteiger partial charge in [-0.05, 0) is 42.1 Å². The quantitative estimate of drug-likeness (QED) is 0.385. The van der Waals surface area contributed by atoms with Gasteiger partial charge in [-0.2, -0.15) is 0 Å². The number of ether oxygens (including phenoxy) is 2. The number of methoxy groups -OCH3 is 1. The van der Waals surface area contributed by atoms with Crippen LogP contribution in [0, 0.1) is 6.92 Å². The third-order valence-electron chi connectivity index (χ3n) is 5.61. The molecule has 0 aliphatic rings. The van der Waals surface area contributed by atoms with Gasteiger partial charge in [0.25, 0.3) is 11.5 Å². The van der Waals surface area contributed by atoms with Crippen molar-refractivity contribution in [3.05, 3.63) is 93.4 Å². The summed E-state index contributed by atoms with van der Waals surface area (Å²) in [6.07, 6.45) is 0. The fraction of sp³-hybridized carbons (Fsp3) is 0.148. The molecule has 1 amide bonds. The molecule has 0 spiro atoms. The number of hydrogen-bond donors (Lipinski definition) is 1. The molecular weight excluding hydrogens is 468 g/mol. The average molecular weight is 491 g/mol. The number of aromatic nitrogens is 1. The SMILES string of the molecule is COc1ccc(NC(=O)COC(=O)c2c(-c3ccc(C)cc3)c3ccccc3c(=O)n2C)cc1Cl. The standard InChI is InChI=1S/C27H23ClN2O5/c1-16-8-10-17(11-9-16)24-19-6-4-5-7-20(19)26(32)30(2)25(24)27(33)35-15-23(31)29-18-12-13-22(34-3)21(28)14-18/h4-14H,15H2,1-3H3,(H,29,31). The zero-order valence-electron chi connectivity index (χ0n) is 19.4. The van der Waals surface area contributed by atoms with Gasteiger partial charge in [-0.3, -0.25) is 9.59 Å². The lowest BCUT2D eigenvalue weighted by molar-refractivity contribution is -0.119. The number of pyridine rings is 1. The van der Waals surface area contributed by atoms with Crippen LogP contribution < -0.4 is 15.6 Å². The number of nitrogens with zero attached hydrogens (tertiary/aromatic N) is 1. The summed E-state index contributed by atoms with van der Waals surface area (Å²) in [5, 5.41) is 4.07. The van der Waals surface area contributed by atoms with Crippen molar-refractivity contribution in [1.82, 2.24) is 4.57 Å². The molecule has 178 valence electrons. The number of benzene rings is 3. The van der Waals surface area contributed by atoms with Crippen molar-refractivity contribution in [3.8, 4) is 16.9 Å². The molecule has 0 saturated carbocycles. The Labute approximate surface area is 206 Å². The van der Waals surface area contributed by atoms with Gasteiger partial charge < -0.3 is 19.4 Å². The lowest BCUT2D eigenvalue weighted by Crippen LogP contribution is -2.28. The summed E-state index contributed by atoms with van der Waals surface area (Å²) in [5.41, 5.74) is 2.54. The molecule has 8 heteroatoms. The second kappa shape index (κ2) is 10.0. The Kier molecular flexibility index (Phi) is 6.89. The van der Waals surface area contributed by atoms with Crippen LogP contribution in [0.4, 0.5) is 5.69 Å². The van der Waals surface area contributed by atoms with E-state index in [4.69, 9.17) is 21.1 Å². The van der Waals surface area contributed by atoms with Gasteiger partial charge in [-0.25, -0.2) is 4.79 Å². The van der Waals surface area contributed by atoms with Crippen LogP contribution in [-0.2, 0) is 16.6 Å². The summed E-state index contributed by atoms with van der Waals surface area (Å²) in [7, 11) is 3.01. The Morgan fingerprint density at radius 2 is 1.69 bits per heavy atom. The van der Waals surface area contributed by atoms with E-state index in [0.29, 0.717) is 32.8 Å². The number of fused-ring (bicyclic) bond motifs is 1. The van der Waals surface area contributed by atoms with Crippen molar-refractivity contribution >= 4 is 39.9 Å². The maximum atomic E-state index is 13.2. The van der Waals surface area contributed by atoms with Crippen LogP contribution in [0.3, 0.4) is 0 Å². The van der Waals surface area contributed by atoms with Crippen molar-refractivity contribution in [1.29, 1.82) is 0 Å². The number of hydrogen-bond acceptors (Lipinski definition) is 5. The largest absolute Gasteiger partial charge is 0.495 e. The lowest BCUT2D eigenvalue weighted by Gasteiger charge is -2.17. The van der Waals surface area contributed by atoms with Crippen molar-refractivity contribution < 1.29 is 19.1 Å². The predicted octanol–water partition coefficient (Wildman–Crippen LogP) is 4.97. The van der Waals surface area contributed by atoms with Crippen molar-refractivity contribution in [2.45, 2.75) is 6.92 Å². The zero-order valence-corrected chi connectivity index (χ0v) is 20.2. The Morgan fingerprint density at radius 3 is 2.34 bits per heavy atom. The Balaban J connectivity index is 1.65. The summed E-state index contributed by atoms with van der Waals surface area (Å²) in [5.74, 6) is -0.868. The molecule has 0 aliphatic carbocycles. The van der Waals surface area contributed by atoms with Gasteiger partial charge in [0.05, 0.1) is 12.1 Å². The summed E-state index contributed by atoms with van der Waals surface area (Å²) >= 11 is 6.09. The molecule has 0 aliphatic heterocycles. The first-order chi connectivity index (χ1) is 16.8. The molecule has 0 unspecified atom stereocenters. The second-order valence-electron chi connectivity index (χ2n) is 7.97. The Hall–Kier alpha value is -4.10. The first kappa shape index (κ1) is 24.0. The lowest BCUT2D eigenvalue weighted by atomic mass is 9.96. The fourth-order valence-electron chi connectivity index (χ4n) is 3.86. The number of carbonyl (C=O) groups is 2. The van der Waals surface area contributed by atoms with Crippen molar-refractivity contribution in [2.24, 2.45) is 7.05 Å². The molecule has 1 heterocycles. The highest BCUT2D eigenvalue weighted by Gasteiger charge is 2.23. The number of carbonyl (C=O) groups excluding carboxylic acids is 2. The van der Waals surface area contributed by atoms with E-state index in [1.807, 2.05) is 37.3 Å². The molecule has 7 nitrogen and oxygen atoms in total. The van der Waals surface area contributed by atoms with E-state index in [1.54, 1.807) is 30.3 Å². The summed E-state index contributed by atoms with van der Waals surface area (Å²) < 4.78 is 11.7. The van der Waals surface area contributed by atoms with Crippen LogP contribution in [0.15, 0.2) is 71.5 Å². The van der Waals surface area contributed by atoms with E-state index in [-0.39, 0.29) is 11.3 Å². The molecule has 0 atom stereocenters. The second-order valence-corrected chi connectivity index (χ2v) is 8.38. The maximum absolute atomic E-state index is 13.2. The number of nitrogens with one attached hydrogen (secondary N) is 1. The van der Waals surface area contributed by atoms with E-state index in [9.17, 15) is 14.4 Å². The summed E-state index contributed by atoms with van der Waals surface area (Å²) in [6.45, 7) is 1.42. The topological polar surface area (TPSA) is 86.6 Å². The van der Waals surface area contributed by atoms with Crippen LogP contribution >= 0.6 is 11.6 Å². The Morgan fingerprint density at radius 1 is 1.00 bits per heavy atom. The predicted molar refractivity (Wildman–Crippen MR) is 136 cm³/mol. The number of anilines is 1. The summed E-state index contributed by atoms with van der Waals surface area (Å²) in [4.78, 5) is 38.7. The monoisotopic (exact) mass is 490 g/mol. The number of rotatable bonds is 6. The molecule has 4 aromatic rings. The summed E-state index contributed by atoms with van der Waals surface area (Å²) in [6, 6.07) is 19.5. The number of amides is 1. The molecule has 4 rings (SSSR count). The first-order valence-corrected chi connectivity index (χ1v) is 11.2. The van der Waals surface area contributed by atoms with Gasteiger partial charge in [0.1, 0.15) is 11.4 Å². The third kappa shape index (κ3) is 4.90. The number of esters is 1. The van der Waals surface area contributed by atoms with E-state index >= 15 is 0 Å². The third-order valence-corrected chi connectivity index (χ3v) is 5.90. The molecule has 3 aromatic carbocycles. The van der Waals surface area contributed by atoms with E-state index < -0.39 is 18.5 Å². The van der Waals surface area contributed by atoms with Crippen LogP contribution in [0.1, 0.15) is 16.1 Å².